The molecule has 2 aromatic heterocycles. The van der Waals surface area contributed by atoms with E-state index in [1.165, 1.54) is 11.8 Å². The molecule has 1 N–H and O–H groups in total. The number of thiazole rings is 2. The van der Waals surface area contributed by atoms with Crippen molar-refractivity contribution in [1.82, 2.24) is 9.97 Å². The van der Waals surface area contributed by atoms with Crippen LogP contribution in [0.3, 0.4) is 0 Å². The molecule has 1 aromatic carbocycles. The van der Waals surface area contributed by atoms with E-state index >= 15 is 0 Å². The molecule has 0 spiro atoms. The molecule has 4 rings (SSSR count). The number of aromatic nitrogens is 2. The third kappa shape index (κ3) is 6.95. The molecular formula is C32H42N2O4S3. The van der Waals surface area contributed by atoms with Gasteiger partial charge in [0.2, 0.25) is 0 Å². The normalized spacial score (nSPS) is 21.5. The van der Waals surface area contributed by atoms with Crippen LogP contribution < -0.4 is 0 Å². The van der Waals surface area contributed by atoms with Gasteiger partial charge in [0.05, 0.1) is 33.9 Å². The van der Waals surface area contributed by atoms with Gasteiger partial charge < -0.3 is 9.84 Å². The van der Waals surface area contributed by atoms with Crippen LogP contribution in [0.15, 0.2) is 27.8 Å². The largest absolute Gasteiger partial charge is 0.457 e. The van der Waals surface area contributed by atoms with Crippen LogP contribution in [0, 0.1) is 32.6 Å². The molecule has 41 heavy (non-hydrogen) atoms. The Balaban J connectivity index is 1.71. The smallest absolute Gasteiger partial charge is 0.327 e. The molecule has 0 amide bonds. The van der Waals surface area contributed by atoms with Gasteiger partial charge in [-0.2, -0.15) is 0 Å². The van der Waals surface area contributed by atoms with Crippen LogP contribution in [0.2, 0.25) is 0 Å². The summed E-state index contributed by atoms with van der Waals surface area (Å²) in [6.45, 7) is 16.3. The molecule has 1 saturated heterocycles. The molecular weight excluding hydrogens is 573 g/mol. The number of hydrogen-bond donors (Lipinski definition) is 1. The molecule has 0 aliphatic carbocycles. The minimum absolute atomic E-state index is 0.0560. The fourth-order valence-corrected chi connectivity index (χ4v) is 8.46. The van der Waals surface area contributed by atoms with Gasteiger partial charge >= 0.3 is 5.97 Å². The van der Waals surface area contributed by atoms with Crippen LogP contribution in [0.25, 0.3) is 0 Å². The highest BCUT2D eigenvalue weighted by Gasteiger charge is 2.56. The molecule has 9 heteroatoms. The van der Waals surface area contributed by atoms with Gasteiger partial charge in [0.15, 0.2) is 11.0 Å². The lowest BCUT2D eigenvalue weighted by molar-refractivity contribution is -0.187. The average Bonchev–Trinajstić information content (AvgIpc) is 3.51. The highest BCUT2D eigenvalue weighted by molar-refractivity contribution is 8.01. The molecule has 0 bridgehead atoms. The first kappa shape index (κ1) is 31.9. The van der Waals surface area contributed by atoms with Crippen LogP contribution in [0.1, 0.15) is 85.6 Å². The van der Waals surface area contributed by atoms with Crippen LogP contribution in [0.4, 0.5) is 0 Å². The maximum Gasteiger partial charge on any atom is 0.327 e. The number of ether oxygens (including phenoxy) is 1. The maximum absolute atomic E-state index is 14.5. The van der Waals surface area contributed by atoms with Crippen molar-refractivity contribution in [2.45, 2.75) is 109 Å². The highest BCUT2D eigenvalue weighted by Crippen LogP contribution is 2.47. The Labute approximate surface area is 256 Å². The summed E-state index contributed by atoms with van der Waals surface area (Å²) in [6, 6.07) is 4.01. The van der Waals surface area contributed by atoms with Crippen LogP contribution in [-0.4, -0.2) is 37.7 Å². The summed E-state index contributed by atoms with van der Waals surface area (Å²) in [5.74, 6) is -1.05. The second-order valence-electron chi connectivity index (χ2n) is 12.4. The van der Waals surface area contributed by atoms with Gasteiger partial charge in [0.1, 0.15) is 5.60 Å². The Bertz CT molecular complexity index is 1400. The van der Waals surface area contributed by atoms with Crippen LogP contribution >= 0.6 is 34.4 Å². The number of cyclic esters (lactones) is 1. The summed E-state index contributed by atoms with van der Waals surface area (Å²) in [5, 5.41) is 15.0. The number of aliphatic hydroxyl groups is 1. The van der Waals surface area contributed by atoms with E-state index in [1.54, 1.807) is 22.7 Å². The number of aryl methyl sites for hydroxylation is 5. The molecule has 3 atom stereocenters. The minimum Gasteiger partial charge on any atom is -0.457 e. The molecule has 3 aromatic rings. The van der Waals surface area contributed by atoms with Crippen molar-refractivity contribution in [2.24, 2.45) is 11.8 Å². The predicted molar refractivity (Wildman–Crippen MR) is 168 cm³/mol. The second kappa shape index (κ2) is 12.7. The van der Waals surface area contributed by atoms with Gasteiger partial charge in [0.25, 0.3) is 0 Å². The Morgan fingerprint density at radius 2 is 1.63 bits per heavy atom. The van der Waals surface area contributed by atoms with E-state index in [-0.39, 0.29) is 23.7 Å². The number of carbonyl (C=O) groups excluding carboxylic acids is 2. The van der Waals surface area contributed by atoms with Crippen LogP contribution in [-0.2, 0) is 39.2 Å². The molecule has 6 nitrogen and oxygen atoms in total. The quantitative estimate of drug-likeness (QED) is 0.191. The number of thioether (sulfide) groups is 1. The number of rotatable bonds is 10. The van der Waals surface area contributed by atoms with Gasteiger partial charge in [0, 0.05) is 15.7 Å². The van der Waals surface area contributed by atoms with Gasteiger partial charge in [-0.25, -0.2) is 9.97 Å². The molecule has 1 aliphatic heterocycles. The Morgan fingerprint density at radius 1 is 1.02 bits per heavy atom. The average molecular weight is 615 g/mol. The third-order valence-corrected chi connectivity index (χ3v) is 11.0. The maximum atomic E-state index is 14.5. The summed E-state index contributed by atoms with van der Waals surface area (Å²) < 4.78 is 6.46. The van der Waals surface area contributed by atoms with Crippen molar-refractivity contribution in [2.75, 3.05) is 0 Å². The van der Waals surface area contributed by atoms with Crippen molar-refractivity contribution in [3.05, 3.63) is 61.0 Å². The lowest BCUT2D eigenvalue weighted by Gasteiger charge is -2.47. The summed E-state index contributed by atoms with van der Waals surface area (Å²) >= 11 is 4.51. The van der Waals surface area contributed by atoms with E-state index in [2.05, 4.69) is 50.0 Å². The lowest BCUT2D eigenvalue weighted by atomic mass is 9.69. The summed E-state index contributed by atoms with van der Waals surface area (Å²) in [6.07, 6.45) is 2.40. The number of nitrogens with zero attached hydrogens (tertiary/aromatic N) is 2. The Kier molecular flexibility index (Phi) is 9.83. The van der Waals surface area contributed by atoms with E-state index in [0.29, 0.717) is 25.7 Å². The minimum atomic E-state index is -0.953. The van der Waals surface area contributed by atoms with Crippen molar-refractivity contribution in [3.63, 3.8) is 0 Å². The van der Waals surface area contributed by atoms with Gasteiger partial charge in [-0.1, -0.05) is 40.7 Å². The van der Waals surface area contributed by atoms with Crippen LogP contribution in [0.5, 0.6) is 0 Å². The van der Waals surface area contributed by atoms with Crippen molar-refractivity contribution < 1.29 is 19.4 Å². The van der Waals surface area contributed by atoms with E-state index in [0.717, 1.165) is 43.0 Å². The zero-order valence-corrected chi connectivity index (χ0v) is 27.8. The van der Waals surface area contributed by atoms with Crippen molar-refractivity contribution in [1.29, 1.82) is 0 Å². The molecule has 0 saturated carbocycles. The first-order chi connectivity index (χ1) is 19.2. The number of esters is 1. The lowest BCUT2D eigenvalue weighted by Crippen LogP contribution is -2.59. The number of benzene rings is 1. The van der Waals surface area contributed by atoms with E-state index in [9.17, 15) is 14.7 Å². The van der Waals surface area contributed by atoms with Gasteiger partial charge in [-0.15, -0.1) is 34.4 Å². The Morgan fingerprint density at radius 3 is 2.15 bits per heavy atom. The first-order valence-electron chi connectivity index (χ1n) is 14.2. The molecule has 222 valence electrons. The molecule has 1 fully saturated rings. The Hall–Kier alpha value is -2.07. The SMILES string of the molecule is Cc1nc(CCC2C(=O)C(Sc3cc(C)c(CO)cc3C(C)(C)C)C(=O)OC2(CCc2csc(C)n2)C(C)C)cs1. The van der Waals surface area contributed by atoms with Crippen molar-refractivity contribution >= 4 is 46.2 Å². The summed E-state index contributed by atoms with van der Waals surface area (Å²) in [4.78, 5) is 38.4. The molecule has 3 unspecified atom stereocenters. The summed E-state index contributed by atoms with van der Waals surface area (Å²) in [5.41, 5.74) is 3.57. The zero-order valence-electron chi connectivity index (χ0n) is 25.4. The number of ketones is 1. The second-order valence-corrected chi connectivity index (χ2v) is 15.7. The number of hydrogen-bond acceptors (Lipinski definition) is 9. The highest BCUT2D eigenvalue weighted by atomic mass is 32.2. The summed E-state index contributed by atoms with van der Waals surface area (Å²) in [7, 11) is 0. The predicted octanol–water partition coefficient (Wildman–Crippen LogP) is 7.18. The topological polar surface area (TPSA) is 89.4 Å². The van der Waals surface area contributed by atoms with Gasteiger partial charge in [-0.05, 0) is 80.5 Å². The molecule has 3 heterocycles. The third-order valence-electron chi connectivity index (χ3n) is 8.13. The van der Waals surface area contributed by atoms with E-state index in [1.807, 2.05) is 38.3 Å². The number of Topliss-reactive ketones (excluding diaryl/α,β-unsaturated/α-hetero) is 1. The molecule has 0 radical (unpaired) electrons. The van der Waals surface area contributed by atoms with Gasteiger partial charge in [-0.3, -0.25) is 9.59 Å². The zero-order chi connectivity index (χ0) is 30.1. The van der Waals surface area contributed by atoms with E-state index in [4.69, 9.17) is 4.74 Å². The fraction of sp³-hybridized carbons (Fsp3) is 0.562. The molecule has 1 aliphatic rings. The first-order valence-corrected chi connectivity index (χ1v) is 16.9. The fourth-order valence-electron chi connectivity index (χ4n) is 5.75. The standard InChI is InChI=1S/C32H42N2O4S3/c1-18(2)32(12-11-24-17-40-21(5)34-24)25(10-9-23-16-39-20(4)33-23)28(36)29(30(37)38-32)41-27-13-19(3)22(15-35)14-26(27)31(6,7)8/h13-14,16-18,25,29,35H,9-12,15H2,1-8H3. The monoisotopic (exact) mass is 614 g/mol. The number of aliphatic hydroxyl groups excluding tert-OH is 1. The van der Waals surface area contributed by atoms with Crippen molar-refractivity contribution in [3.8, 4) is 0 Å². The number of carbonyl (C=O) groups is 2. The van der Waals surface area contributed by atoms with E-state index < -0.39 is 22.7 Å².